The zero-order valence-corrected chi connectivity index (χ0v) is 12.8. The summed E-state index contributed by atoms with van der Waals surface area (Å²) in [4.78, 5) is 28.1. The van der Waals surface area contributed by atoms with E-state index in [9.17, 15) is 14.7 Å². The lowest BCUT2D eigenvalue weighted by Crippen LogP contribution is -2.63. The molecule has 0 amide bonds. The van der Waals surface area contributed by atoms with E-state index in [1.165, 1.54) is 0 Å². The van der Waals surface area contributed by atoms with Crippen molar-refractivity contribution in [3.8, 4) is 0 Å². The fraction of sp³-hybridized carbons (Fsp3) is 0.882. The molecule has 5 aliphatic rings. The molecule has 4 bridgehead atoms. The Hall–Kier alpha value is -0.740. The predicted octanol–water partition coefficient (Wildman–Crippen LogP) is 1.41. The van der Waals surface area contributed by atoms with Gasteiger partial charge in [-0.15, -0.1) is 0 Å². The number of aliphatic hydroxyl groups is 1. The van der Waals surface area contributed by atoms with Crippen LogP contribution in [0.3, 0.4) is 0 Å². The van der Waals surface area contributed by atoms with Gasteiger partial charge in [0.1, 0.15) is 11.6 Å². The average Bonchev–Trinajstić information content (AvgIpc) is 2.62. The van der Waals surface area contributed by atoms with Crippen LogP contribution in [0.2, 0.25) is 0 Å². The Kier molecular flexibility index (Phi) is 2.90. The Bertz CT molecular complexity index is 496. The van der Waals surface area contributed by atoms with Gasteiger partial charge in [-0.05, 0) is 57.5 Å². The maximum atomic E-state index is 12.9. The number of carbonyl (C=O) groups excluding carboxylic acids is 2. The lowest BCUT2D eigenvalue weighted by molar-refractivity contribution is -0.180. The minimum Gasteiger partial charge on any atom is -0.392 e. The third-order valence-corrected chi connectivity index (χ3v) is 7.09. The maximum Gasteiger partial charge on any atom is 0.142 e. The molecule has 4 unspecified atom stereocenters. The van der Waals surface area contributed by atoms with E-state index in [0.717, 1.165) is 38.8 Å². The van der Waals surface area contributed by atoms with Gasteiger partial charge in [0.2, 0.25) is 0 Å². The molecule has 4 aliphatic carbocycles. The zero-order valence-electron chi connectivity index (χ0n) is 12.8. The minimum absolute atomic E-state index is 0.195. The fourth-order valence-electron chi connectivity index (χ4n) is 6.31. The molecule has 4 heteroatoms. The molecular formula is C17H25NO3. The number of fused-ring (bicyclic) bond motifs is 1. The van der Waals surface area contributed by atoms with Crippen molar-refractivity contribution in [2.75, 3.05) is 20.1 Å². The quantitative estimate of drug-likeness (QED) is 0.733. The van der Waals surface area contributed by atoms with Gasteiger partial charge in [0.05, 0.1) is 11.5 Å². The van der Waals surface area contributed by atoms with Crippen molar-refractivity contribution in [3.63, 3.8) is 0 Å². The van der Waals surface area contributed by atoms with E-state index < -0.39 is 16.9 Å². The SMILES string of the molecule is CN1CCCC23C(=O)CC4CC2CC(=O)C3(C4)[C@@H](O)CC1. The standard InChI is InChI=1S/C17H25NO3/c1-18-5-2-4-16-12-7-11(8-14(16)20)10-17(16,15(21)9-12)13(19)3-6-18/h11-13,19H,2-10H2,1H3/t11?,12?,13-,16?,17?/m0/s1. The van der Waals surface area contributed by atoms with Crippen LogP contribution >= 0.6 is 0 Å². The van der Waals surface area contributed by atoms with Gasteiger partial charge in [-0.1, -0.05) is 0 Å². The summed E-state index contributed by atoms with van der Waals surface area (Å²) in [6.07, 6.45) is 4.73. The molecule has 5 rings (SSSR count). The summed E-state index contributed by atoms with van der Waals surface area (Å²) in [6, 6.07) is 0. The topological polar surface area (TPSA) is 57.6 Å². The van der Waals surface area contributed by atoms with Gasteiger partial charge in [0.25, 0.3) is 0 Å². The van der Waals surface area contributed by atoms with Crippen LogP contribution in [0.4, 0.5) is 0 Å². The van der Waals surface area contributed by atoms with Gasteiger partial charge in [-0.2, -0.15) is 0 Å². The van der Waals surface area contributed by atoms with E-state index in [2.05, 4.69) is 11.9 Å². The number of ketones is 2. The number of nitrogens with zero attached hydrogens (tertiary/aromatic N) is 1. The molecule has 1 N–H and O–H groups in total. The van der Waals surface area contributed by atoms with Crippen LogP contribution in [-0.4, -0.2) is 47.8 Å². The van der Waals surface area contributed by atoms with Crippen LogP contribution in [0.5, 0.6) is 0 Å². The first-order valence-corrected chi connectivity index (χ1v) is 8.44. The molecule has 116 valence electrons. The normalized spacial score (nSPS) is 50.5. The molecule has 5 fully saturated rings. The Morgan fingerprint density at radius 3 is 2.71 bits per heavy atom. The zero-order chi connectivity index (χ0) is 14.8. The van der Waals surface area contributed by atoms with Crippen molar-refractivity contribution in [3.05, 3.63) is 0 Å². The van der Waals surface area contributed by atoms with E-state index in [4.69, 9.17) is 0 Å². The summed E-state index contributed by atoms with van der Waals surface area (Å²) < 4.78 is 0. The molecule has 1 spiro atoms. The highest BCUT2D eigenvalue weighted by molar-refractivity contribution is 6.02. The van der Waals surface area contributed by atoms with Crippen molar-refractivity contribution in [2.24, 2.45) is 22.7 Å². The molecular weight excluding hydrogens is 266 g/mol. The Morgan fingerprint density at radius 2 is 1.90 bits per heavy atom. The average molecular weight is 291 g/mol. The number of hydrogen-bond acceptors (Lipinski definition) is 4. The second kappa shape index (κ2) is 4.39. The first-order valence-electron chi connectivity index (χ1n) is 8.44. The van der Waals surface area contributed by atoms with Crippen LogP contribution < -0.4 is 0 Å². The van der Waals surface area contributed by atoms with Crippen molar-refractivity contribution < 1.29 is 14.7 Å². The maximum absolute atomic E-state index is 12.9. The van der Waals surface area contributed by atoms with Crippen LogP contribution in [0.25, 0.3) is 0 Å². The minimum atomic E-state index is -0.735. The third-order valence-electron chi connectivity index (χ3n) is 7.09. The van der Waals surface area contributed by atoms with E-state index >= 15 is 0 Å². The van der Waals surface area contributed by atoms with Crippen molar-refractivity contribution in [1.82, 2.24) is 4.90 Å². The van der Waals surface area contributed by atoms with Crippen LogP contribution in [0.1, 0.15) is 44.9 Å². The van der Waals surface area contributed by atoms with Gasteiger partial charge < -0.3 is 10.0 Å². The number of rotatable bonds is 0. The highest BCUT2D eigenvalue weighted by Crippen LogP contribution is 2.71. The van der Waals surface area contributed by atoms with Crippen LogP contribution in [-0.2, 0) is 9.59 Å². The summed E-state index contributed by atoms with van der Waals surface area (Å²) in [5, 5.41) is 10.9. The third kappa shape index (κ3) is 1.53. The first kappa shape index (κ1) is 13.9. The van der Waals surface area contributed by atoms with E-state index in [0.29, 0.717) is 31.0 Å². The molecule has 1 aliphatic heterocycles. The van der Waals surface area contributed by atoms with Crippen molar-refractivity contribution >= 4 is 11.6 Å². The molecule has 0 aromatic rings. The Balaban J connectivity index is 1.86. The van der Waals surface area contributed by atoms with E-state index in [1.807, 2.05) is 0 Å². The molecule has 1 saturated heterocycles. The van der Waals surface area contributed by atoms with Crippen LogP contribution in [0.15, 0.2) is 0 Å². The molecule has 4 nitrogen and oxygen atoms in total. The Morgan fingerprint density at radius 1 is 1.14 bits per heavy atom. The molecule has 0 radical (unpaired) electrons. The molecule has 1 heterocycles. The summed E-state index contributed by atoms with van der Waals surface area (Å²) in [5.74, 6) is 1.04. The lowest BCUT2D eigenvalue weighted by Gasteiger charge is -2.58. The molecule has 21 heavy (non-hydrogen) atoms. The van der Waals surface area contributed by atoms with Gasteiger partial charge in [0, 0.05) is 24.8 Å². The second-order valence-electron chi connectivity index (χ2n) is 7.91. The van der Waals surface area contributed by atoms with E-state index in [1.54, 1.807) is 0 Å². The number of aliphatic hydroxyl groups excluding tert-OH is 1. The molecule has 0 aromatic heterocycles. The fourth-order valence-corrected chi connectivity index (χ4v) is 6.31. The van der Waals surface area contributed by atoms with Crippen molar-refractivity contribution in [1.29, 1.82) is 0 Å². The van der Waals surface area contributed by atoms with Gasteiger partial charge in [-0.25, -0.2) is 0 Å². The van der Waals surface area contributed by atoms with E-state index in [-0.39, 0.29) is 11.7 Å². The number of hydrogen-bond donors (Lipinski definition) is 1. The molecule has 5 atom stereocenters. The highest BCUT2D eigenvalue weighted by atomic mass is 16.3. The van der Waals surface area contributed by atoms with Crippen molar-refractivity contribution in [2.45, 2.75) is 51.0 Å². The first-order chi connectivity index (χ1) is 10.0. The Labute approximate surface area is 125 Å². The second-order valence-corrected chi connectivity index (χ2v) is 7.91. The number of carbonyl (C=O) groups is 2. The monoisotopic (exact) mass is 291 g/mol. The number of Topliss-reactive ketones (excluding diaryl/α,β-unsaturated/α-hetero) is 2. The molecule has 0 aromatic carbocycles. The molecule has 4 saturated carbocycles. The summed E-state index contributed by atoms with van der Waals surface area (Å²) in [6.45, 7) is 1.78. The summed E-state index contributed by atoms with van der Waals surface area (Å²) in [5.41, 5.74) is -1.26. The van der Waals surface area contributed by atoms with Gasteiger partial charge >= 0.3 is 0 Å². The lowest BCUT2D eigenvalue weighted by atomic mass is 9.43. The highest BCUT2D eigenvalue weighted by Gasteiger charge is 2.75. The summed E-state index contributed by atoms with van der Waals surface area (Å²) >= 11 is 0. The van der Waals surface area contributed by atoms with Gasteiger partial charge in [-0.3, -0.25) is 9.59 Å². The summed E-state index contributed by atoms with van der Waals surface area (Å²) in [7, 11) is 2.07. The van der Waals surface area contributed by atoms with Crippen LogP contribution in [0, 0.1) is 22.7 Å². The smallest absolute Gasteiger partial charge is 0.142 e. The predicted molar refractivity (Wildman–Crippen MR) is 77.7 cm³/mol. The van der Waals surface area contributed by atoms with Gasteiger partial charge in [0.15, 0.2) is 0 Å². The largest absolute Gasteiger partial charge is 0.392 e.